The fourth-order valence-corrected chi connectivity index (χ4v) is 1.11. The second-order valence-electron chi connectivity index (χ2n) is 2.41. The molecule has 0 N–H and O–H groups in total. The van der Waals surface area contributed by atoms with Crippen molar-refractivity contribution in [3.8, 4) is 0 Å². The van der Waals surface area contributed by atoms with Crippen LogP contribution in [0.5, 0.6) is 0 Å². The number of carbonyl (C=O) groups excluding carboxylic acids is 1. The third-order valence-corrected chi connectivity index (χ3v) is 1.97. The molecule has 0 bridgehead atoms. The molecule has 15 heavy (non-hydrogen) atoms. The van der Waals surface area contributed by atoms with E-state index in [-0.39, 0.29) is 5.56 Å². The Kier molecular flexibility index (Phi) is 3.87. The van der Waals surface area contributed by atoms with Crippen molar-refractivity contribution in [3.05, 3.63) is 34.9 Å². The van der Waals surface area contributed by atoms with Crippen LogP contribution in [0.1, 0.15) is 10.4 Å². The Morgan fingerprint density at radius 1 is 1.27 bits per heavy atom. The lowest BCUT2D eigenvalue weighted by Gasteiger charge is -2.04. The Morgan fingerprint density at radius 2 is 1.80 bits per heavy atom. The molecule has 0 saturated heterocycles. The molecule has 0 amide bonds. The van der Waals surface area contributed by atoms with Crippen molar-refractivity contribution in [2.45, 2.75) is 5.51 Å². The van der Waals surface area contributed by atoms with Gasteiger partial charge in [0.15, 0.2) is 12.0 Å². The highest BCUT2D eigenvalue weighted by Gasteiger charge is 2.32. The first kappa shape index (κ1) is 12.2. The summed E-state index contributed by atoms with van der Waals surface area (Å²) in [7, 11) is 0. The van der Waals surface area contributed by atoms with Gasteiger partial charge in [-0.15, -0.1) is 0 Å². The number of hydrogen-bond donors (Lipinski definition) is 0. The van der Waals surface area contributed by atoms with Crippen molar-refractivity contribution in [2.75, 3.05) is 0 Å². The fourth-order valence-electron chi connectivity index (χ4n) is 0.719. The average Bonchev–Trinajstić information content (AvgIpc) is 2.14. The Labute approximate surface area is 92.6 Å². The number of halogens is 4. The Balaban J connectivity index is 2.58. The quantitative estimate of drug-likeness (QED) is 0.756. The van der Waals surface area contributed by atoms with E-state index < -0.39 is 23.5 Å². The minimum atomic E-state index is -4.60. The van der Waals surface area contributed by atoms with Crippen LogP contribution < -0.4 is 0 Å². The van der Waals surface area contributed by atoms with Gasteiger partial charge in [0, 0.05) is 5.02 Å². The highest BCUT2D eigenvalue weighted by Crippen LogP contribution is 2.31. The summed E-state index contributed by atoms with van der Waals surface area (Å²) in [6.45, 7) is 0. The summed E-state index contributed by atoms with van der Waals surface area (Å²) >= 11 is 4.69. The van der Waals surface area contributed by atoms with Gasteiger partial charge < -0.3 is 4.18 Å². The predicted octanol–water partition coefficient (Wildman–Crippen LogP) is 3.66. The Morgan fingerprint density at radius 3 is 2.27 bits per heavy atom. The summed E-state index contributed by atoms with van der Waals surface area (Å²) < 4.78 is 38.9. The van der Waals surface area contributed by atoms with E-state index in [0.29, 0.717) is 5.02 Å². The van der Waals surface area contributed by atoms with Crippen LogP contribution in [0.4, 0.5) is 13.2 Å². The van der Waals surface area contributed by atoms with Crippen molar-refractivity contribution in [1.82, 2.24) is 0 Å². The van der Waals surface area contributed by atoms with Crippen molar-refractivity contribution >= 4 is 29.6 Å². The van der Waals surface area contributed by atoms with Gasteiger partial charge in [-0.1, -0.05) is 11.6 Å². The van der Waals surface area contributed by atoms with Gasteiger partial charge in [0.1, 0.15) is 0 Å². The minimum absolute atomic E-state index is 0.0103. The summed E-state index contributed by atoms with van der Waals surface area (Å²) in [5.74, 6) is -1.06. The van der Waals surface area contributed by atoms with Gasteiger partial charge in [0.05, 0.1) is 5.56 Å². The molecular weight excluding hydrogens is 253 g/mol. The minimum Gasteiger partial charge on any atom is -0.378 e. The van der Waals surface area contributed by atoms with E-state index in [1.54, 1.807) is 0 Å². The molecule has 0 heterocycles. The zero-order valence-electron chi connectivity index (χ0n) is 7.05. The summed E-state index contributed by atoms with van der Waals surface area (Å²) in [5.41, 5.74) is -4.58. The molecule has 0 unspecified atom stereocenters. The maximum Gasteiger partial charge on any atom is 0.479 e. The first-order valence-electron chi connectivity index (χ1n) is 3.61. The summed E-state index contributed by atoms with van der Waals surface area (Å²) in [5, 5.41) is 0.384. The molecule has 0 spiro atoms. The molecule has 0 fully saturated rings. The van der Waals surface area contributed by atoms with Gasteiger partial charge in [0.2, 0.25) is 0 Å². The van der Waals surface area contributed by atoms with E-state index in [1.165, 1.54) is 24.3 Å². The van der Waals surface area contributed by atoms with Gasteiger partial charge in [0.25, 0.3) is 0 Å². The van der Waals surface area contributed by atoms with E-state index in [9.17, 15) is 18.0 Å². The maximum atomic E-state index is 11.7. The predicted molar refractivity (Wildman–Crippen MR) is 50.5 cm³/mol. The van der Waals surface area contributed by atoms with Gasteiger partial charge in [-0.2, -0.15) is 13.2 Å². The van der Waals surface area contributed by atoms with E-state index in [4.69, 9.17) is 11.6 Å². The maximum absolute atomic E-state index is 11.7. The van der Waals surface area contributed by atoms with Gasteiger partial charge in [-0.05, 0) is 24.3 Å². The normalized spacial score (nSPS) is 11.2. The highest BCUT2D eigenvalue weighted by atomic mass is 35.5. The van der Waals surface area contributed by atoms with Crippen molar-refractivity contribution in [3.63, 3.8) is 0 Å². The van der Waals surface area contributed by atoms with Gasteiger partial charge >= 0.3 is 11.5 Å². The molecule has 7 heteroatoms. The third-order valence-electron chi connectivity index (χ3n) is 1.29. The molecule has 0 aliphatic heterocycles. The van der Waals surface area contributed by atoms with Crippen LogP contribution in [0.25, 0.3) is 0 Å². The molecule has 1 aromatic rings. The number of hydrogen-bond acceptors (Lipinski definition) is 3. The molecule has 0 atom stereocenters. The second-order valence-corrected chi connectivity index (χ2v) is 3.64. The van der Waals surface area contributed by atoms with E-state index in [0.717, 1.165) is 0 Å². The fraction of sp³-hybridized carbons (Fsp3) is 0.125. The third kappa shape index (κ3) is 4.44. The van der Waals surface area contributed by atoms with Crippen molar-refractivity contribution < 1.29 is 22.1 Å². The zero-order valence-corrected chi connectivity index (χ0v) is 8.62. The molecule has 0 aromatic heterocycles. The van der Waals surface area contributed by atoms with E-state index in [2.05, 4.69) is 4.18 Å². The van der Waals surface area contributed by atoms with Crippen LogP contribution in [0.2, 0.25) is 5.02 Å². The molecule has 0 aliphatic rings. The molecule has 82 valence electrons. The Hall–Kier alpha value is -0.880. The molecular formula is C8H4ClF3O2S. The topological polar surface area (TPSA) is 26.3 Å². The first-order valence-corrected chi connectivity index (χ1v) is 4.73. The van der Waals surface area contributed by atoms with Crippen LogP contribution in [-0.4, -0.2) is 11.5 Å². The highest BCUT2D eigenvalue weighted by molar-refractivity contribution is 7.95. The second kappa shape index (κ2) is 4.76. The number of carbonyl (C=O) groups is 1. The monoisotopic (exact) mass is 256 g/mol. The van der Waals surface area contributed by atoms with E-state index in [1.807, 2.05) is 0 Å². The van der Waals surface area contributed by atoms with E-state index >= 15 is 0 Å². The van der Waals surface area contributed by atoms with Crippen LogP contribution in [0.15, 0.2) is 24.3 Å². The van der Waals surface area contributed by atoms with Crippen LogP contribution in [0, 0.1) is 0 Å². The molecule has 0 aliphatic carbocycles. The van der Waals surface area contributed by atoms with Crippen LogP contribution in [-0.2, 0) is 4.18 Å². The average molecular weight is 257 g/mol. The van der Waals surface area contributed by atoms with Crippen LogP contribution in [0.3, 0.4) is 0 Å². The van der Waals surface area contributed by atoms with Crippen LogP contribution >= 0.6 is 23.6 Å². The Bertz CT molecular complexity index is 350. The lowest BCUT2D eigenvalue weighted by Crippen LogP contribution is -2.06. The van der Waals surface area contributed by atoms with Crippen molar-refractivity contribution in [1.29, 1.82) is 0 Å². The lowest BCUT2D eigenvalue weighted by atomic mass is 10.2. The standard InChI is InChI=1S/C8H4ClF3O2S/c9-6-3-1-5(2-4-6)7(13)14-15-8(10,11)12/h1-4H. The molecule has 1 rings (SSSR count). The molecule has 0 saturated carbocycles. The number of alkyl halides is 3. The SMILES string of the molecule is O=C(OSC(F)(F)F)c1ccc(Cl)cc1. The molecule has 1 aromatic carbocycles. The van der Waals surface area contributed by atoms with Crippen molar-refractivity contribution in [2.24, 2.45) is 0 Å². The number of benzene rings is 1. The summed E-state index contributed by atoms with van der Waals surface area (Å²) in [6, 6.07) is 5.33. The largest absolute Gasteiger partial charge is 0.479 e. The molecule has 2 nitrogen and oxygen atoms in total. The summed E-state index contributed by atoms with van der Waals surface area (Å²) in [4.78, 5) is 11.0. The van der Waals surface area contributed by atoms with Gasteiger partial charge in [-0.3, -0.25) is 0 Å². The van der Waals surface area contributed by atoms with Gasteiger partial charge in [-0.25, -0.2) is 4.79 Å². The smallest absolute Gasteiger partial charge is 0.378 e. The number of rotatable bonds is 2. The first-order chi connectivity index (χ1) is 6.88. The summed E-state index contributed by atoms with van der Waals surface area (Å²) in [6.07, 6.45) is 0. The lowest BCUT2D eigenvalue weighted by molar-refractivity contribution is -0.0388. The molecule has 0 radical (unpaired) electrons. The zero-order chi connectivity index (χ0) is 11.5.